The van der Waals surface area contributed by atoms with Crippen LogP contribution < -0.4 is 0 Å². The number of hydrogen-bond donors (Lipinski definition) is 0. The van der Waals surface area contributed by atoms with Gasteiger partial charge in [-0.2, -0.15) is 0 Å². The lowest BCUT2D eigenvalue weighted by molar-refractivity contribution is -0.130. The summed E-state index contributed by atoms with van der Waals surface area (Å²) in [6.45, 7) is 1.89. The Morgan fingerprint density at radius 1 is 0.950 bits per heavy atom. The number of carbonyl (C=O) groups is 2. The maximum Gasteiger partial charge on any atom is 0.261 e. The Bertz CT molecular complexity index is 664. The molecular weight excluding hydrogens is 250 g/mol. The first-order chi connectivity index (χ1) is 9.68. The second kappa shape index (κ2) is 4.93. The van der Waals surface area contributed by atoms with Crippen molar-refractivity contribution < 1.29 is 9.59 Å². The Hall–Kier alpha value is -2.42. The van der Waals surface area contributed by atoms with Gasteiger partial charge in [0.2, 0.25) is 5.91 Å². The molecule has 0 saturated carbocycles. The van der Waals surface area contributed by atoms with Crippen LogP contribution in [-0.2, 0) is 11.2 Å². The van der Waals surface area contributed by atoms with Crippen molar-refractivity contribution in [2.75, 3.05) is 0 Å². The molecule has 2 aromatic carbocycles. The van der Waals surface area contributed by atoms with E-state index < -0.39 is 0 Å². The van der Waals surface area contributed by atoms with E-state index >= 15 is 0 Å². The summed E-state index contributed by atoms with van der Waals surface area (Å²) in [6.07, 6.45) is 0.291. The summed E-state index contributed by atoms with van der Waals surface area (Å²) in [7, 11) is 0. The van der Waals surface area contributed by atoms with Crippen LogP contribution in [0.5, 0.6) is 0 Å². The Morgan fingerprint density at radius 3 is 2.35 bits per heavy atom. The van der Waals surface area contributed by atoms with E-state index in [-0.39, 0.29) is 17.9 Å². The largest absolute Gasteiger partial charge is 0.274 e. The Labute approximate surface area is 117 Å². The van der Waals surface area contributed by atoms with Crippen molar-refractivity contribution in [2.45, 2.75) is 19.4 Å². The van der Waals surface area contributed by atoms with E-state index in [0.29, 0.717) is 12.0 Å². The third-order valence-electron chi connectivity index (χ3n) is 3.75. The highest BCUT2D eigenvalue weighted by Gasteiger charge is 2.34. The van der Waals surface area contributed by atoms with E-state index in [4.69, 9.17) is 0 Å². The fourth-order valence-electron chi connectivity index (χ4n) is 2.65. The van der Waals surface area contributed by atoms with Crippen molar-refractivity contribution in [1.82, 2.24) is 4.90 Å². The minimum absolute atomic E-state index is 0.134. The molecule has 1 heterocycles. The number of amides is 2. The van der Waals surface area contributed by atoms with Gasteiger partial charge in [-0.05, 0) is 24.1 Å². The highest BCUT2D eigenvalue weighted by molar-refractivity contribution is 6.10. The maximum atomic E-state index is 12.5. The molecule has 3 rings (SSSR count). The first kappa shape index (κ1) is 12.6. The SMILES string of the molecule is CC(c1ccccc1)N1C(=O)Cc2ccccc2C1=O. The fourth-order valence-corrected chi connectivity index (χ4v) is 2.65. The van der Waals surface area contributed by atoms with Gasteiger partial charge in [-0.15, -0.1) is 0 Å². The van der Waals surface area contributed by atoms with E-state index in [1.807, 2.05) is 55.5 Å². The third-order valence-corrected chi connectivity index (χ3v) is 3.75. The van der Waals surface area contributed by atoms with Crippen LogP contribution in [0.2, 0.25) is 0 Å². The molecule has 3 nitrogen and oxygen atoms in total. The number of rotatable bonds is 2. The zero-order valence-electron chi connectivity index (χ0n) is 11.2. The van der Waals surface area contributed by atoms with Gasteiger partial charge in [-0.3, -0.25) is 14.5 Å². The van der Waals surface area contributed by atoms with Gasteiger partial charge in [0, 0.05) is 5.56 Å². The summed E-state index contributed by atoms with van der Waals surface area (Å²) in [4.78, 5) is 26.2. The zero-order chi connectivity index (χ0) is 14.1. The molecule has 0 aromatic heterocycles. The molecule has 0 N–H and O–H groups in total. The molecule has 1 aliphatic rings. The first-order valence-corrected chi connectivity index (χ1v) is 6.67. The number of carbonyl (C=O) groups excluding carboxylic acids is 2. The molecule has 0 bridgehead atoms. The number of nitrogens with zero attached hydrogens (tertiary/aromatic N) is 1. The van der Waals surface area contributed by atoms with Crippen molar-refractivity contribution in [3.05, 3.63) is 71.3 Å². The predicted octanol–water partition coefficient (Wildman–Crippen LogP) is 2.97. The van der Waals surface area contributed by atoms with E-state index in [1.165, 1.54) is 4.90 Å². The summed E-state index contributed by atoms with van der Waals surface area (Å²) < 4.78 is 0. The fraction of sp³-hybridized carbons (Fsp3) is 0.176. The van der Waals surface area contributed by atoms with Crippen LogP contribution in [0.15, 0.2) is 54.6 Å². The number of fused-ring (bicyclic) bond motifs is 1. The van der Waals surface area contributed by atoms with Gasteiger partial charge in [-0.25, -0.2) is 0 Å². The van der Waals surface area contributed by atoms with Gasteiger partial charge in [0.25, 0.3) is 5.91 Å². The highest BCUT2D eigenvalue weighted by atomic mass is 16.2. The first-order valence-electron chi connectivity index (χ1n) is 6.67. The molecular formula is C17H15NO2. The van der Waals surface area contributed by atoms with Crippen molar-refractivity contribution in [3.8, 4) is 0 Å². The standard InChI is InChI=1S/C17H15NO2/c1-12(13-7-3-2-4-8-13)18-16(19)11-14-9-5-6-10-15(14)17(18)20/h2-10,12H,11H2,1H3. The Balaban J connectivity index is 1.99. The van der Waals surface area contributed by atoms with E-state index in [2.05, 4.69) is 0 Å². The van der Waals surface area contributed by atoms with Crippen molar-refractivity contribution >= 4 is 11.8 Å². The zero-order valence-corrected chi connectivity index (χ0v) is 11.2. The van der Waals surface area contributed by atoms with E-state index in [0.717, 1.165) is 11.1 Å². The normalized spacial score (nSPS) is 15.9. The van der Waals surface area contributed by atoms with Crippen molar-refractivity contribution in [1.29, 1.82) is 0 Å². The second-order valence-corrected chi connectivity index (χ2v) is 4.99. The third kappa shape index (κ3) is 2.01. The average Bonchev–Trinajstić information content (AvgIpc) is 2.48. The van der Waals surface area contributed by atoms with Gasteiger partial charge in [0.05, 0.1) is 12.5 Å². The molecule has 1 atom stereocenters. The molecule has 20 heavy (non-hydrogen) atoms. The number of hydrogen-bond acceptors (Lipinski definition) is 2. The smallest absolute Gasteiger partial charge is 0.261 e. The van der Waals surface area contributed by atoms with E-state index in [1.54, 1.807) is 6.07 Å². The number of imide groups is 1. The summed E-state index contributed by atoms with van der Waals surface area (Å²) in [5.74, 6) is -0.335. The van der Waals surface area contributed by atoms with Crippen molar-refractivity contribution in [3.63, 3.8) is 0 Å². The predicted molar refractivity (Wildman–Crippen MR) is 76.2 cm³/mol. The molecule has 0 saturated heterocycles. The summed E-state index contributed by atoms with van der Waals surface area (Å²) in [5, 5.41) is 0. The van der Waals surface area contributed by atoms with Crippen LogP contribution in [0.1, 0.15) is 34.5 Å². The molecule has 1 aliphatic heterocycles. The summed E-state index contributed by atoms with van der Waals surface area (Å²) in [6, 6.07) is 16.7. The molecule has 1 unspecified atom stereocenters. The number of benzene rings is 2. The molecule has 100 valence electrons. The summed E-state index contributed by atoms with van der Waals surface area (Å²) >= 11 is 0. The second-order valence-electron chi connectivity index (χ2n) is 4.99. The lowest BCUT2D eigenvalue weighted by Gasteiger charge is -2.32. The Morgan fingerprint density at radius 2 is 1.60 bits per heavy atom. The van der Waals surface area contributed by atoms with Crippen LogP contribution in [0, 0.1) is 0 Å². The van der Waals surface area contributed by atoms with Crippen molar-refractivity contribution in [2.24, 2.45) is 0 Å². The van der Waals surface area contributed by atoms with Crippen LogP contribution in [0.25, 0.3) is 0 Å². The quantitative estimate of drug-likeness (QED) is 0.783. The minimum Gasteiger partial charge on any atom is -0.274 e. The average molecular weight is 265 g/mol. The summed E-state index contributed by atoms with van der Waals surface area (Å²) in [5.41, 5.74) is 2.42. The molecule has 0 fully saturated rings. The molecule has 0 spiro atoms. The Kier molecular flexibility index (Phi) is 3.11. The minimum atomic E-state index is -0.246. The molecule has 3 heteroatoms. The van der Waals surface area contributed by atoms with Crippen LogP contribution in [0.4, 0.5) is 0 Å². The lowest BCUT2D eigenvalue weighted by atomic mass is 9.96. The maximum absolute atomic E-state index is 12.5. The monoisotopic (exact) mass is 265 g/mol. The van der Waals surface area contributed by atoms with Crippen LogP contribution in [0.3, 0.4) is 0 Å². The molecule has 2 aromatic rings. The van der Waals surface area contributed by atoms with Crippen LogP contribution >= 0.6 is 0 Å². The topological polar surface area (TPSA) is 37.4 Å². The van der Waals surface area contributed by atoms with Gasteiger partial charge >= 0.3 is 0 Å². The van der Waals surface area contributed by atoms with E-state index in [9.17, 15) is 9.59 Å². The lowest BCUT2D eigenvalue weighted by Crippen LogP contribution is -2.43. The van der Waals surface area contributed by atoms with Gasteiger partial charge < -0.3 is 0 Å². The van der Waals surface area contributed by atoms with Gasteiger partial charge in [0.1, 0.15) is 0 Å². The molecule has 0 radical (unpaired) electrons. The molecule has 2 amide bonds. The molecule has 0 aliphatic carbocycles. The van der Waals surface area contributed by atoms with Gasteiger partial charge in [0.15, 0.2) is 0 Å². The van der Waals surface area contributed by atoms with Crippen LogP contribution in [-0.4, -0.2) is 16.7 Å². The highest BCUT2D eigenvalue weighted by Crippen LogP contribution is 2.28. The van der Waals surface area contributed by atoms with Gasteiger partial charge in [-0.1, -0.05) is 48.5 Å².